The monoisotopic (exact) mass is 476 g/mol. The van der Waals surface area contributed by atoms with E-state index in [0.717, 1.165) is 21.9 Å². The molecule has 0 aliphatic carbocycles. The molecule has 0 bridgehead atoms. The maximum absolute atomic E-state index is 13.2. The lowest BCUT2D eigenvalue weighted by Crippen LogP contribution is -2.41. The quantitative estimate of drug-likeness (QED) is 0.456. The van der Waals surface area contributed by atoms with Gasteiger partial charge in [0.1, 0.15) is 0 Å². The summed E-state index contributed by atoms with van der Waals surface area (Å²) < 4.78 is 27.9. The normalized spacial score (nSPS) is 15.4. The molecule has 1 aromatic heterocycles. The first kappa shape index (κ1) is 22.2. The summed E-state index contributed by atoms with van der Waals surface area (Å²) in [5.41, 5.74) is 2.33. The zero-order chi connectivity index (χ0) is 23.7. The predicted molar refractivity (Wildman–Crippen MR) is 128 cm³/mol. The van der Waals surface area contributed by atoms with Crippen LogP contribution in [0.2, 0.25) is 0 Å². The van der Waals surface area contributed by atoms with Crippen LogP contribution in [0.25, 0.3) is 22.2 Å². The van der Waals surface area contributed by atoms with Gasteiger partial charge in [-0.15, -0.1) is 10.2 Å². The van der Waals surface area contributed by atoms with Gasteiger partial charge >= 0.3 is 0 Å². The van der Waals surface area contributed by atoms with E-state index in [-0.39, 0.29) is 16.7 Å². The summed E-state index contributed by atoms with van der Waals surface area (Å²) in [6, 6.07) is 18.4. The van der Waals surface area contributed by atoms with Crippen LogP contribution in [-0.2, 0) is 14.8 Å². The molecule has 5 rings (SSSR count). The van der Waals surface area contributed by atoms with Crippen molar-refractivity contribution in [1.29, 1.82) is 0 Å². The van der Waals surface area contributed by atoms with Crippen LogP contribution in [0, 0.1) is 12.8 Å². The summed E-state index contributed by atoms with van der Waals surface area (Å²) in [5.74, 6) is 0.0649. The Morgan fingerprint density at radius 2 is 1.79 bits per heavy atom. The molecule has 1 saturated heterocycles. The van der Waals surface area contributed by atoms with E-state index in [1.807, 2.05) is 55.5 Å². The number of aryl methyl sites for hydroxylation is 1. The highest BCUT2D eigenvalue weighted by atomic mass is 32.2. The van der Waals surface area contributed by atoms with E-state index in [1.165, 1.54) is 4.31 Å². The second-order valence-corrected chi connectivity index (χ2v) is 10.4. The number of H-pyrrole nitrogens is 1. The van der Waals surface area contributed by atoms with Crippen molar-refractivity contribution < 1.29 is 13.2 Å². The van der Waals surface area contributed by atoms with Gasteiger partial charge in [-0.3, -0.25) is 4.79 Å². The molecule has 0 atom stereocenters. The Morgan fingerprint density at radius 3 is 2.53 bits per heavy atom. The first-order valence-corrected chi connectivity index (χ1v) is 12.5. The summed E-state index contributed by atoms with van der Waals surface area (Å²) >= 11 is 0. The minimum atomic E-state index is -3.62. The number of fused-ring (bicyclic) bond motifs is 1. The van der Waals surface area contributed by atoms with Gasteiger partial charge in [0.2, 0.25) is 21.8 Å². The molecule has 10 heteroatoms. The largest absolute Gasteiger partial charge is 0.326 e. The second kappa shape index (κ2) is 8.96. The summed E-state index contributed by atoms with van der Waals surface area (Å²) in [7, 11) is -3.62. The van der Waals surface area contributed by atoms with Crippen LogP contribution in [0.1, 0.15) is 18.4 Å². The van der Waals surface area contributed by atoms with Crippen LogP contribution in [0.5, 0.6) is 0 Å². The maximum Gasteiger partial charge on any atom is 0.243 e. The molecule has 1 aliphatic rings. The number of anilines is 1. The van der Waals surface area contributed by atoms with Crippen molar-refractivity contribution in [2.75, 3.05) is 18.4 Å². The van der Waals surface area contributed by atoms with Crippen LogP contribution >= 0.6 is 0 Å². The number of aromatic nitrogens is 4. The number of hydrogen-bond donors (Lipinski definition) is 2. The Bertz CT molecular complexity index is 1440. The van der Waals surface area contributed by atoms with E-state index in [9.17, 15) is 13.2 Å². The van der Waals surface area contributed by atoms with E-state index < -0.39 is 10.0 Å². The third kappa shape index (κ3) is 4.29. The molecule has 0 unspecified atom stereocenters. The van der Waals surface area contributed by atoms with Crippen molar-refractivity contribution >= 4 is 32.4 Å². The SMILES string of the molecule is Cc1ccc(-c2nn[nH]n2)cc1NC(=O)C1CCN(S(=O)(=O)c2ccc3ccccc3c2)CC1. The van der Waals surface area contributed by atoms with Crippen molar-refractivity contribution in [2.24, 2.45) is 5.92 Å². The molecule has 0 radical (unpaired) electrons. The van der Waals surface area contributed by atoms with Crippen molar-refractivity contribution in [3.05, 3.63) is 66.2 Å². The van der Waals surface area contributed by atoms with Crippen molar-refractivity contribution in [3.63, 3.8) is 0 Å². The number of carbonyl (C=O) groups is 1. The lowest BCUT2D eigenvalue weighted by molar-refractivity contribution is -0.120. The number of piperidine rings is 1. The highest BCUT2D eigenvalue weighted by Crippen LogP contribution is 2.28. The van der Waals surface area contributed by atoms with Gasteiger partial charge < -0.3 is 5.32 Å². The molecule has 0 spiro atoms. The van der Waals surface area contributed by atoms with Gasteiger partial charge in [-0.25, -0.2) is 8.42 Å². The molecule has 9 nitrogen and oxygen atoms in total. The third-order valence-corrected chi connectivity index (χ3v) is 8.18. The molecule has 1 amide bonds. The molecular weight excluding hydrogens is 452 g/mol. The number of benzene rings is 3. The minimum absolute atomic E-state index is 0.115. The molecule has 1 aliphatic heterocycles. The van der Waals surface area contributed by atoms with Gasteiger partial charge in [-0.05, 0) is 59.5 Å². The van der Waals surface area contributed by atoms with Gasteiger partial charge in [0, 0.05) is 30.3 Å². The zero-order valence-corrected chi connectivity index (χ0v) is 19.4. The van der Waals surface area contributed by atoms with Gasteiger partial charge in [0.25, 0.3) is 0 Å². The smallest absolute Gasteiger partial charge is 0.243 e. The molecule has 2 heterocycles. The van der Waals surface area contributed by atoms with Crippen molar-refractivity contribution in [2.45, 2.75) is 24.7 Å². The van der Waals surface area contributed by atoms with E-state index in [0.29, 0.717) is 37.4 Å². The minimum Gasteiger partial charge on any atom is -0.326 e. The number of hydrogen-bond acceptors (Lipinski definition) is 6. The molecule has 3 aromatic carbocycles. The van der Waals surface area contributed by atoms with Gasteiger partial charge in [-0.2, -0.15) is 9.52 Å². The fourth-order valence-electron chi connectivity index (χ4n) is 4.25. The number of amides is 1. The Labute approximate surface area is 197 Å². The Balaban J connectivity index is 1.26. The van der Waals surface area contributed by atoms with Crippen LogP contribution in [0.3, 0.4) is 0 Å². The summed E-state index contributed by atoms with van der Waals surface area (Å²) in [6.07, 6.45) is 0.921. The van der Waals surface area contributed by atoms with Crippen molar-refractivity contribution in [1.82, 2.24) is 24.9 Å². The molecule has 1 fully saturated rings. The van der Waals surface area contributed by atoms with Crippen LogP contribution in [-0.4, -0.2) is 52.3 Å². The van der Waals surface area contributed by atoms with Gasteiger partial charge in [0.15, 0.2) is 0 Å². The number of tetrazole rings is 1. The fourth-order valence-corrected chi connectivity index (χ4v) is 5.76. The topological polar surface area (TPSA) is 121 Å². The molecule has 34 heavy (non-hydrogen) atoms. The van der Waals surface area contributed by atoms with Crippen LogP contribution < -0.4 is 5.32 Å². The Kier molecular flexibility index (Phi) is 5.84. The standard InChI is InChI=1S/C24H24N6O3S/c1-16-6-7-20(23-26-28-29-27-23)15-22(16)25-24(31)18-10-12-30(13-11-18)34(32,33)21-9-8-17-4-2-3-5-19(17)14-21/h2-9,14-15,18H,10-13H2,1H3,(H,25,31)(H,26,27,28,29). The summed E-state index contributed by atoms with van der Waals surface area (Å²) in [5, 5.41) is 18.8. The summed E-state index contributed by atoms with van der Waals surface area (Å²) in [6.45, 7) is 2.51. The molecule has 2 N–H and O–H groups in total. The van der Waals surface area contributed by atoms with E-state index in [2.05, 4.69) is 25.9 Å². The first-order chi connectivity index (χ1) is 16.4. The van der Waals surface area contributed by atoms with Gasteiger partial charge in [-0.1, -0.05) is 42.5 Å². The average molecular weight is 477 g/mol. The Hall–Kier alpha value is -3.63. The highest BCUT2D eigenvalue weighted by molar-refractivity contribution is 7.89. The number of nitrogens with zero attached hydrogens (tertiary/aromatic N) is 4. The lowest BCUT2D eigenvalue weighted by Gasteiger charge is -2.30. The molecular formula is C24H24N6O3S. The van der Waals surface area contributed by atoms with Crippen LogP contribution in [0.15, 0.2) is 65.6 Å². The first-order valence-electron chi connectivity index (χ1n) is 11.1. The third-order valence-electron chi connectivity index (χ3n) is 6.28. The maximum atomic E-state index is 13.2. The Morgan fingerprint density at radius 1 is 1.03 bits per heavy atom. The average Bonchev–Trinajstić information content (AvgIpc) is 3.40. The number of sulfonamides is 1. The molecule has 0 saturated carbocycles. The van der Waals surface area contributed by atoms with Crippen LogP contribution in [0.4, 0.5) is 5.69 Å². The predicted octanol–water partition coefficient (Wildman–Crippen LogP) is 3.37. The van der Waals surface area contributed by atoms with E-state index in [4.69, 9.17) is 0 Å². The number of aromatic amines is 1. The lowest BCUT2D eigenvalue weighted by atomic mass is 9.97. The van der Waals surface area contributed by atoms with E-state index in [1.54, 1.807) is 12.1 Å². The number of carbonyl (C=O) groups excluding carboxylic acids is 1. The molecule has 4 aromatic rings. The molecule has 174 valence electrons. The van der Waals surface area contributed by atoms with Gasteiger partial charge in [0.05, 0.1) is 4.90 Å². The second-order valence-electron chi connectivity index (χ2n) is 8.44. The fraction of sp³-hybridized carbons (Fsp3) is 0.250. The number of nitrogens with one attached hydrogen (secondary N) is 2. The zero-order valence-electron chi connectivity index (χ0n) is 18.6. The highest BCUT2D eigenvalue weighted by Gasteiger charge is 2.32. The van der Waals surface area contributed by atoms with Crippen molar-refractivity contribution in [3.8, 4) is 11.4 Å². The van der Waals surface area contributed by atoms with E-state index >= 15 is 0 Å². The summed E-state index contributed by atoms with van der Waals surface area (Å²) in [4.78, 5) is 13.2. The number of rotatable bonds is 5.